The second-order valence-corrected chi connectivity index (χ2v) is 8.34. The summed E-state index contributed by atoms with van der Waals surface area (Å²) < 4.78 is 30.2. The number of hydrogen-bond acceptors (Lipinski definition) is 5. The summed E-state index contributed by atoms with van der Waals surface area (Å²) in [7, 11) is -3.43. The van der Waals surface area contributed by atoms with Crippen molar-refractivity contribution in [1.82, 2.24) is 9.21 Å². The molecule has 1 atom stereocenters. The van der Waals surface area contributed by atoms with Crippen molar-refractivity contribution in [1.29, 1.82) is 0 Å². The van der Waals surface area contributed by atoms with E-state index >= 15 is 0 Å². The Labute approximate surface area is 150 Å². The summed E-state index contributed by atoms with van der Waals surface area (Å²) in [4.78, 5) is 27.1. The summed E-state index contributed by atoms with van der Waals surface area (Å²) in [5.74, 6) is -0.0734. The zero-order chi connectivity index (χ0) is 18.5. The fourth-order valence-corrected chi connectivity index (χ4v) is 4.15. The average molecular weight is 375 g/mol. The van der Waals surface area contributed by atoms with E-state index in [-0.39, 0.29) is 25.5 Å². The van der Waals surface area contributed by atoms with Gasteiger partial charge in [-0.2, -0.15) is 4.31 Å². The van der Waals surface area contributed by atoms with Crippen molar-refractivity contribution in [3.8, 4) is 11.3 Å². The van der Waals surface area contributed by atoms with Crippen LogP contribution in [0.5, 0.6) is 0 Å². The maximum atomic E-state index is 13.0. The lowest BCUT2D eigenvalue weighted by Gasteiger charge is -2.38. The minimum Gasteiger partial charge on any atom is -0.464 e. The number of piperazine rings is 1. The molecular formula is C17H17N3O5S. The first kappa shape index (κ1) is 16.8. The summed E-state index contributed by atoms with van der Waals surface area (Å²) in [5, 5.41) is 2.74. The molecule has 0 aliphatic carbocycles. The number of hydrogen-bond donors (Lipinski definition) is 1. The molecule has 1 aromatic carbocycles. The first-order chi connectivity index (χ1) is 12.3. The zero-order valence-electron chi connectivity index (χ0n) is 14.0. The number of sulfonamides is 1. The molecule has 1 fully saturated rings. The molecular weight excluding hydrogens is 358 g/mol. The Morgan fingerprint density at radius 2 is 2.00 bits per heavy atom. The molecule has 8 nitrogen and oxygen atoms in total. The molecule has 0 radical (unpaired) electrons. The van der Waals surface area contributed by atoms with Crippen molar-refractivity contribution in [3.05, 3.63) is 42.2 Å². The minimum absolute atomic E-state index is 0.0462. The molecule has 4 rings (SSSR count). The molecule has 0 spiro atoms. The standard InChI is InChI=1S/C17H17N3O5S/c1-26(23,24)19-6-7-20-14(10-19)16(21)18-13-5-4-11(9-12(13)17(20)22)15-3-2-8-25-15/h2-5,8-9,14H,6-7,10H2,1H3,(H,18,21)/t14-/m1/s1. The average Bonchev–Trinajstić information content (AvgIpc) is 3.11. The molecule has 9 heteroatoms. The van der Waals surface area contributed by atoms with Crippen LogP contribution in [0.1, 0.15) is 10.4 Å². The predicted molar refractivity (Wildman–Crippen MR) is 94.0 cm³/mol. The number of nitrogens with one attached hydrogen (secondary N) is 1. The van der Waals surface area contributed by atoms with E-state index in [1.165, 1.54) is 9.21 Å². The van der Waals surface area contributed by atoms with Crippen LogP contribution in [0.25, 0.3) is 11.3 Å². The van der Waals surface area contributed by atoms with Gasteiger partial charge in [0.05, 0.1) is 23.8 Å². The van der Waals surface area contributed by atoms with Crippen molar-refractivity contribution in [2.24, 2.45) is 0 Å². The molecule has 1 aromatic heterocycles. The number of fused-ring (bicyclic) bond motifs is 2. The van der Waals surface area contributed by atoms with E-state index in [9.17, 15) is 18.0 Å². The second kappa shape index (κ2) is 5.96. The molecule has 0 unspecified atom stereocenters. The van der Waals surface area contributed by atoms with Gasteiger partial charge in [-0.25, -0.2) is 8.42 Å². The smallest absolute Gasteiger partial charge is 0.256 e. The van der Waals surface area contributed by atoms with Gasteiger partial charge in [0.2, 0.25) is 15.9 Å². The zero-order valence-corrected chi connectivity index (χ0v) is 14.8. The SMILES string of the molecule is CS(=O)(=O)N1CCN2C(=O)c3cc(-c4ccco4)ccc3NC(=O)[C@H]2C1. The van der Waals surface area contributed by atoms with Crippen LogP contribution < -0.4 is 5.32 Å². The fourth-order valence-electron chi connectivity index (χ4n) is 3.32. The Hall–Kier alpha value is -2.65. The number of rotatable bonds is 2. The van der Waals surface area contributed by atoms with Gasteiger partial charge < -0.3 is 14.6 Å². The monoisotopic (exact) mass is 375 g/mol. The fraction of sp³-hybridized carbons (Fsp3) is 0.294. The van der Waals surface area contributed by atoms with E-state index in [4.69, 9.17) is 4.42 Å². The molecule has 136 valence electrons. The van der Waals surface area contributed by atoms with Crippen LogP contribution in [0.3, 0.4) is 0 Å². The lowest BCUT2D eigenvalue weighted by molar-refractivity contribution is -0.121. The van der Waals surface area contributed by atoms with Gasteiger partial charge in [-0.3, -0.25) is 9.59 Å². The van der Waals surface area contributed by atoms with Crippen LogP contribution in [0, 0.1) is 0 Å². The second-order valence-electron chi connectivity index (χ2n) is 6.36. The van der Waals surface area contributed by atoms with Crippen LogP contribution in [0.2, 0.25) is 0 Å². The number of carbonyl (C=O) groups excluding carboxylic acids is 2. The van der Waals surface area contributed by atoms with E-state index < -0.39 is 22.0 Å². The summed E-state index contributed by atoms with van der Waals surface area (Å²) in [6, 6.07) is 7.79. The third-order valence-corrected chi connectivity index (χ3v) is 5.96. The number of amides is 2. The highest BCUT2D eigenvalue weighted by Gasteiger charge is 2.41. The Balaban J connectivity index is 1.72. The van der Waals surface area contributed by atoms with Crippen LogP contribution in [-0.2, 0) is 14.8 Å². The number of furan rings is 1. The first-order valence-corrected chi connectivity index (χ1v) is 9.94. The Morgan fingerprint density at radius 1 is 1.19 bits per heavy atom. The lowest BCUT2D eigenvalue weighted by atomic mass is 10.1. The van der Waals surface area contributed by atoms with E-state index in [0.29, 0.717) is 17.0 Å². The topological polar surface area (TPSA) is 99.9 Å². The summed E-state index contributed by atoms with van der Waals surface area (Å²) in [6.07, 6.45) is 2.65. The highest BCUT2D eigenvalue weighted by molar-refractivity contribution is 7.88. The van der Waals surface area contributed by atoms with Crippen molar-refractivity contribution in [3.63, 3.8) is 0 Å². The van der Waals surface area contributed by atoms with Gasteiger partial charge >= 0.3 is 0 Å². The Bertz CT molecular complexity index is 984. The number of nitrogens with zero attached hydrogens (tertiary/aromatic N) is 2. The van der Waals surface area contributed by atoms with Crippen molar-refractivity contribution >= 4 is 27.5 Å². The third-order valence-electron chi connectivity index (χ3n) is 4.69. The van der Waals surface area contributed by atoms with Crippen molar-refractivity contribution in [2.45, 2.75) is 6.04 Å². The van der Waals surface area contributed by atoms with Crippen LogP contribution in [0.4, 0.5) is 5.69 Å². The van der Waals surface area contributed by atoms with E-state index in [1.54, 1.807) is 36.6 Å². The Morgan fingerprint density at radius 3 is 2.69 bits per heavy atom. The van der Waals surface area contributed by atoms with Gasteiger partial charge in [0, 0.05) is 25.2 Å². The molecule has 2 aliphatic rings. The van der Waals surface area contributed by atoms with Gasteiger partial charge in [-0.15, -0.1) is 0 Å². The Kier molecular flexibility index (Phi) is 3.85. The van der Waals surface area contributed by atoms with Gasteiger partial charge in [0.1, 0.15) is 11.8 Å². The number of anilines is 1. The highest BCUT2D eigenvalue weighted by atomic mass is 32.2. The van der Waals surface area contributed by atoms with E-state index in [1.807, 2.05) is 0 Å². The number of benzene rings is 1. The summed E-state index contributed by atoms with van der Waals surface area (Å²) in [5.41, 5.74) is 1.50. The first-order valence-electron chi connectivity index (χ1n) is 8.09. The molecule has 1 saturated heterocycles. The van der Waals surface area contributed by atoms with Crippen molar-refractivity contribution < 1.29 is 22.4 Å². The lowest BCUT2D eigenvalue weighted by Crippen LogP contribution is -2.59. The normalized spacial score (nSPS) is 21.0. The van der Waals surface area contributed by atoms with E-state index in [0.717, 1.165) is 11.8 Å². The quantitative estimate of drug-likeness (QED) is 0.844. The largest absolute Gasteiger partial charge is 0.464 e. The molecule has 3 heterocycles. The van der Waals surface area contributed by atoms with Gasteiger partial charge in [0.25, 0.3) is 5.91 Å². The summed E-state index contributed by atoms with van der Waals surface area (Å²) >= 11 is 0. The van der Waals surface area contributed by atoms with Gasteiger partial charge in [-0.1, -0.05) is 0 Å². The molecule has 2 aliphatic heterocycles. The van der Waals surface area contributed by atoms with E-state index in [2.05, 4.69) is 5.32 Å². The molecule has 0 bridgehead atoms. The predicted octanol–water partition coefficient (Wildman–Crippen LogP) is 0.985. The molecule has 0 saturated carbocycles. The third kappa shape index (κ3) is 2.78. The molecule has 26 heavy (non-hydrogen) atoms. The molecule has 2 amide bonds. The maximum Gasteiger partial charge on any atom is 0.256 e. The highest BCUT2D eigenvalue weighted by Crippen LogP contribution is 2.30. The van der Waals surface area contributed by atoms with Gasteiger partial charge in [0.15, 0.2) is 0 Å². The van der Waals surface area contributed by atoms with Crippen LogP contribution >= 0.6 is 0 Å². The molecule has 1 N–H and O–H groups in total. The van der Waals surface area contributed by atoms with Crippen LogP contribution in [0.15, 0.2) is 41.0 Å². The van der Waals surface area contributed by atoms with Crippen LogP contribution in [-0.4, -0.2) is 61.4 Å². The van der Waals surface area contributed by atoms with Crippen molar-refractivity contribution in [2.75, 3.05) is 31.2 Å². The number of carbonyl (C=O) groups is 2. The van der Waals surface area contributed by atoms with Gasteiger partial charge in [-0.05, 0) is 30.3 Å². The minimum atomic E-state index is -3.43. The summed E-state index contributed by atoms with van der Waals surface area (Å²) in [6.45, 7) is 0.283. The maximum absolute atomic E-state index is 13.0. The molecule has 2 aromatic rings.